The Kier molecular flexibility index (Phi) is 10.8. The molecule has 0 radical (unpaired) electrons. The van der Waals surface area contributed by atoms with E-state index in [1.54, 1.807) is 5.49 Å². The molecule has 0 spiro atoms. The zero-order valence-electron chi connectivity index (χ0n) is 16.1. The van der Waals surface area contributed by atoms with Crippen LogP contribution in [0.1, 0.15) is 25.7 Å². The minimum atomic E-state index is -1.34. The molecular weight excluding hydrogens is 401 g/mol. The van der Waals surface area contributed by atoms with Crippen LogP contribution in [0.25, 0.3) is 0 Å². The van der Waals surface area contributed by atoms with Crippen LogP contribution in [0.5, 0.6) is 0 Å². The van der Waals surface area contributed by atoms with E-state index in [4.69, 9.17) is 39.6 Å². The number of halogens is 1. The maximum Gasteiger partial charge on any atom is 0.451 e. The normalized spacial score (nSPS) is 17.9. The molecule has 28 heavy (non-hydrogen) atoms. The number of hydrogen-bond donors (Lipinski definition) is 5. The van der Waals surface area contributed by atoms with Gasteiger partial charge in [-0.2, -0.15) is 0 Å². The molecule has 10 heteroatoms. The molecule has 2 unspecified atom stereocenters. The van der Waals surface area contributed by atoms with Crippen molar-refractivity contribution in [2.24, 2.45) is 11.7 Å². The molecule has 1 fully saturated rings. The lowest BCUT2D eigenvalue weighted by atomic mass is 9.77. The maximum atomic E-state index is 11.5. The quantitative estimate of drug-likeness (QED) is 0.230. The number of nitrogens with two attached hydrogens (primary N) is 1. The average Bonchev–Trinajstić information content (AvgIpc) is 3.16. The van der Waals surface area contributed by atoms with Gasteiger partial charge in [-0.3, -0.25) is 4.79 Å². The van der Waals surface area contributed by atoms with Crippen LogP contribution in [0.2, 0.25) is 11.3 Å². The Balaban J connectivity index is 0.000000362. The van der Waals surface area contributed by atoms with E-state index in [0.717, 1.165) is 23.7 Å². The average molecular weight is 430 g/mol. The van der Waals surface area contributed by atoms with Crippen molar-refractivity contribution in [1.29, 1.82) is 0 Å². The zero-order valence-corrected chi connectivity index (χ0v) is 17.6. The molecule has 156 valence electrons. The number of aliphatic carboxylic acids is 1. The van der Waals surface area contributed by atoms with E-state index in [2.05, 4.69) is 5.32 Å². The molecule has 1 aromatic carbocycles. The SMILES string of the molecule is CNc1ccc(Cl)cc1.NC(CCCCB(O)O)(C(=O)O)C1CCN(C=S)C1. The van der Waals surface area contributed by atoms with Crippen molar-refractivity contribution in [2.45, 2.75) is 37.5 Å². The smallest absolute Gasteiger partial charge is 0.451 e. The van der Waals surface area contributed by atoms with E-state index in [1.807, 2.05) is 36.2 Å². The van der Waals surface area contributed by atoms with Crippen molar-refractivity contribution in [2.75, 3.05) is 25.5 Å². The molecule has 0 bridgehead atoms. The number of rotatable bonds is 9. The summed E-state index contributed by atoms with van der Waals surface area (Å²) in [4.78, 5) is 13.4. The van der Waals surface area contributed by atoms with Crippen LogP contribution in [0.15, 0.2) is 24.3 Å². The standard InChI is InChI=1S/C11H21BN2O4S.C7H8ClN/c13-11(10(15)16,4-1-2-5-12(17)18)9-3-6-14(7-9)8-19;1-9-7-4-2-6(8)3-5-7/h8-9,17-18H,1-7,13H2,(H,15,16);2-5,9H,1H3. The molecule has 1 aliphatic rings. The fourth-order valence-corrected chi connectivity index (χ4v) is 3.47. The lowest BCUT2D eigenvalue weighted by Crippen LogP contribution is -2.54. The van der Waals surface area contributed by atoms with Gasteiger partial charge < -0.3 is 31.1 Å². The first-order valence-corrected chi connectivity index (χ1v) is 10.1. The Morgan fingerprint density at radius 2 is 2.07 bits per heavy atom. The molecule has 1 heterocycles. The van der Waals surface area contributed by atoms with Crippen molar-refractivity contribution >= 4 is 48.1 Å². The Bertz CT molecular complexity index is 623. The molecule has 2 rings (SSSR count). The molecule has 0 aliphatic carbocycles. The van der Waals surface area contributed by atoms with E-state index in [0.29, 0.717) is 25.8 Å². The molecule has 1 saturated heterocycles. The third-order valence-electron chi connectivity index (χ3n) is 4.93. The number of unbranched alkanes of at least 4 members (excludes halogenated alkanes) is 1. The van der Waals surface area contributed by atoms with Crippen molar-refractivity contribution in [3.8, 4) is 0 Å². The van der Waals surface area contributed by atoms with Gasteiger partial charge >= 0.3 is 13.1 Å². The highest BCUT2D eigenvalue weighted by Gasteiger charge is 2.44. The van der Waals surface area contributed by atoms with Gasteiger partial charge in [0.1, 0.15) is 5.54 Å². The maximum absolute atomic E-state index is 11.5. The van der Waals surface area contributed by atoms with Crippen molar-refractivity contribution in [1.82, 2.24) is 4.90 Å². The summed E-state index contributed by atoms with van der Waals surface area (Å²) >= 11 is 10.5. The molecule has 7 nitrogen and oxygen atoms in total. The molecule has 1 aromatic rings. The fourth-order valence-electron chi connectivity index (χ4n) is 3.15. The summed E-state index contributed by atoms with van der Waals surface area (Å²) in [6, 6.07) is 7.57. The first-order chi connectivity index (χ1) is 13.2. The second-order valence-electron chi connectivity index (χ2n) is 6.91. The molecule has 0 amide bonds. The lowest BCUT2D eigenvalue weighted by Gasteiger charge is -2.31. The molecule has 1 aliphatic heterocycles. The Hall–Kier alpha value is -1.39. The summed E-state index contributed by atoms with van der Waals surface area (Å²) in [7, 11) is 0.539. The Labute approximate surface area is 177 Å². The van der Waals surface area contributed by atoms with Gasteiger partial charge in [0.2, 0.25) is 0 Å². The number of anilines is 1. The van der Waals surface area contributed by atoms with Gasteiger partial charge in [-0.25, -0.2) is 0 Å². The monoisotopic (exact) mass is 429 g/mol. The highest BCUT2D eigenvalue weighted by Crippen LogP contribution is 2.30. The van der Waals surface area contributed by atoms with Crippen molar-refractivity contribution in [3.63, 3.8) is 0 Å². The number of hydrogen-bond acceptors (Lipinski definition) is 6. The van der Waals surface area contributed by atoms with Gasteiger partial charge in [0.05, 0.1) is 5.49 Å². The molecule has 6 N–H and O–H groups in total. The number of thiocarbonyl (C=S) groups is 1. The van der Waals surface area contributed by atoms with E-state index in [-0.39, 0.29) is 12.2 Å². The minimum Gasteiger partial charge on any atom is -0.480 e. The fraction of sp³-hybridized carbons (Fsp3) is 0.556. The summed E-state index contributed by atoms with van der Waals surface area (Å²) in [6.45, 7) is 1.32. The predicted octanol–water partition coefficient (Wildman–Crippen LogP) is 2.07. The van der Waals surface area contributed by atoms with Crippen LogP contribution >= 0.6 is 23.8 Å². The van der Waals surface area contributed by atoms with Crippen LogP contribution in [-0.2, 0) is 4.79 Å². The van der Waals surface area contributed by atoms with Crippen molar-refractivity contribution in [3.05, 3.63) is 29.3 Å². The summed E-state index contributed by atoms with van der Waals surface area (Å²) in [5.74, 6) is -1.11. The number of likely N-dealkylation sites (tertiary alicyclic amines) is 1. The number of carboxylic acids is 1. The van der Waals surface area contributed by atoms with E-state index < -0.39 is 18.6 Å². The van der Waals surface area contributed by atoms with Gasteiger partial charge in [-0.05, 0) is 43.4 Å². The predicted molar refractivity (Wildman–Crippen MR) is 118 cm³/mol. The molecular formula is C18H29BClN3O4S. The number of nitrogens with zero attached hydrogens (tertiary/aromatic N) is 1. The van der Waals surface area contributed by atoms with Gasteiger partial charge in [0.25, 0.3) is 0 Å². The second kappa shape index (κ2) is 12.2. The number of carboxylic acid groups (broad SMARTS) is 1. The topological polar surface area (TPSA) is 119 Å². The van der Waals surface area contributed by atoms with E-state index in [1.165, 1.54) is 0 Å². The number of carbonyl (C=O) groups is 1. The van der Waals surface area contributed by atoms with Gasteiger partial charge in [-0.15, -0.1) is 0 Å². The first kappa shape index (κ1) is 24.7. The second-order valence-corrected chi connectivity index (χ2v) is 7.56. The summed E-state index contributed by atoms with van der Waals surface area (Å²) in [5.41, 5.74) is 7.45. The lowest BCUT2D eigenvalue weighted by molar-refractivity contribution is -0.145. The minimum absolute atomic E-state index is 0.122. The van der Waals surface area contributed by atoms with E-state index in [9.17, 15) is 9.90 Å². The highest BCUT2D eigenvalue weighted by molar-refractivity contribution is 7.78. The van der Waals surface area contributed by atoms with Gasteiger partial charge in [0, 0.05) is 36.8 Å². The Morgan fingerprint density at radius 1 is 1.43 bits per heavy atom. The van der Waals surface area contributed by atoms with Crippen LogP contribution in [0.3, 0.4) is 0 Å². The largest absolute Gasteiger partial charge is 0.480 e. The first-order valence-electron chi connectivity index (χ1n) is 9.24. The van der Waals surface area contributed by atoms with Crippen LogP contribution in [0.4, 0.5) is 5.69 Å². The number of benzene rings is 1. The number of nitrogens with one attached hydrogen (secondary N) is 1. The zero-order chi connectivity index (χ0) is 21.2. The van der Waals surface area contributed by atoms with Crippen LogP contribution < -0.4 is 11.1 Å². The van der Waals surface area contributed by atoms with Gasteiger partial charge in [0.15, 0.2) is 0 Å². The molecule has 0 aromatic heterocycles. The third-order valence-corrected chi connectivity index (χ3v) is 5.48. The Morgan fingerprint density at radius 3 is 2.54 bits per heavy atom. The van der Waals surface area contributed by atoms with Crippen molar-refractivity contribution < 1.29 is 19.9 Å². The van der Waals surface area contributed by atoms with Gasteiger partial charge in [-0.1, -0.05) is 36.7 Å². The summed E-state index contributed by atoms with van der Waals surface area (Å²) in [6.07, 6.45) is 2.41. The third kappa shape index (κ3) is 7.93. The highest BCUT2D eigenvalue weighted by atomic mass is 35.5. The summed E-state index contributed by atoms with van der Waals surface area (Å²) < 4.78 is 0. The molecule has 0 saturated carbocycles. The van der Waals surface area contributed by atoms with Crippen LogP contribution in [0, 0.1) is 5.92 Å². The van der Waals surface area contributed by atoms with E-state index >= 15 is 0 Å². The van der Waals surface area contributed by atoms with Crippen LogP contribution in [-0.4, -0.2) is 64.3 Å². The summed E-state index contributed by atoms with van der Waals surface area (Å²) in [5, 5.41) is 30.7. The molecule has 2 atom stereocenters.